The second-order valence-corrected chi connectivity index (χ2v) is 21.2. The van der Waals surface area contributed by atoms with Gasteiger partial charge in [0.05, 0.1) is 6.33 Å². The lowest BCUT2D eigenvalue weighted by Gasteiger charge is -2.29. The van der Waals surface area contributed by atoms with Crippen LogP contribution in [0.1, 0.15) is 106 Å². The fourth-order valence-electron chi connectivity index (χ4n) is 7.42. The summed E-state index contributed by atoms with van der Waals surface area (Å²) < 4.78 is 34.9. The Bertz CT molecular complexity index is 2790. The number of carbonyl (C=O) groups is 7. The first-order valence-electron chi connectivity index (χ1n) is 23.9. The highest BCUT2D eigenvalue weighted by Gasteiger charge is 2.40. The third-order valence-corrected chi connectivity index (χ3v) is 10.4. The molecule has 1 aliphatic carbocycles. The van der Waals surface area contributed by atoms with Gasteiger partial charge in [-0.25, -0.2) is 29.0 Å². The van der Waals surface area contributed by atoms with Gasteiger partial charge in [0.2, 0.25) is 11.9 Å². The van der Waals surface area contributed by atoms with Crippen LogP contribution >= 0.6 is 0 Å². The maximum absolute atomic E-state index is 14.5. The Balaban J connectivity index is 1.35. The van der Waals surface area contributed by atoms with Gasteiger partial charge in [0.1, 0.15) is 48.7 Å². The molecular formula is C53H64N8O13. The molecule has 2 aromatic heterocycles. The van der Waals surface area contributed by atoms with Gasteiger partial charge in [-0.05, 0) is 111 Å². The molecule has 3 aromatic carbocycles. The van der Waals surface area contributed by atoms with Crippen LogP contribution in [-0.4, -0.2) is 115 Å². The maximum atomic E-state index is 14.5. The summed E-state index contributed by atoms with van der Waals surface area (Å²) in [6.45, 7) is 17.0. The number of hydrogen-bond acceptors (Lipinski definition) is 16. The zero-order valence-corrected chi connectivity index (χ0v) is 43.8. The highest BCUT2D eigenvalue weighted by atomic mass is 16.6. The molecule has 21 nitrogen and oxygen atoms in total. The van der Waals surface area contributed by atoms with Crippen molar-refractivity contribution in [2.24, 2.45) is 0 Å². The van der Waals surface area contributed by atoms with Crippen LogP contribution in [0.5, 0.6) is 0 Å². The molecule has 5 aromatic rings. The average molecular weight is 1020 g/mol. The number of benzene rings is 3. The number of fused-ring (bicyclic) bond motifs is 4. The number of rotatable bonds is 13. The first-order valence-corrected chi connectivity index (χ1v) is 23.9. The Morgan fingerprint density at radius 3 is 1.61 bits per heavy atom. The fraction of sp³-hybridized carbons (Fsp3) is 0.434. The molecule has 0 bridgehead atoms. The van der Waals surface area contributed by atoms with Gasteiger partial charge in [-0.3, -0.25) is 9.59 Å². The SMILES string of the molecule is CC(C)(C)OC(=O)N(C(=O)OC(C)(C)C)c1nc(N(C(=O)OC(C)(C)C)C(=O)OC(C)(C)C)c2ncn(CC(=O)N(CCNC(=O)OCC3c4ccccc4-c4ccccc43)CC(=O)OCc3ccccc3)c2n1. The van der Waals surface area contributed by atoms with Crippen molar-refractivity contribution in [3.8, 4) is 11.1 Å². The zero-order chi connectivity index (χ0) is 54.3. The van der Waals surface area contributed by atoms with Gasteiger partial charge in [0.15, 0.2) is 17.0 Å². The van der Waals surface area contributed by atoms with Crippen LogP contribution in [-0.2, 0) is 51.2 Å². The highest BCUT2D eigenvalue weighted by molar-refractivity contribution is 6.14. The van der Waals surface area contributed by atoms with E-state index < -0.39 is 89.6 Å². The van der Waals surface area contributed by atoms with Gasteiger partial charge in [-0.15, -0.1) is 4.90 Å². The Kier molecular flexibility index (Phi) is 16.7. The number of imidazole rings is 1. The lowest BCUT2D eigenvalue weighted by molar-refractivity contribution is -0.150. The third kappa shape index (κ3) is 14.8. The van der Waals surface area contributed by atoms with E-state index in [-0.39, 0.29) is 43.4 Å². The van der Waals surface area contributed by atoms with E-state index in [9.17, 15) is 33.6 Å². The van der Waals surface area contributed by atoms with Crippen LogP contribution in [0.15, 0.2) is 85.2 Å². The van der Waals surface area contributed by atoms with E-state index in [1.807, 2.05) is 54.6 Å². The van der Waals surface area contributed by atoms with E-state index in [0.717, 1.165) is 33.5 Å². The number of aromatic nitrogens is 4. The Morgan fingerprint density at radius 1 is 0.608 bits per heavy atom. The monoisotopic (exact) mass is 1020 g/mol. The average Bonchev–Trinajstić information content (AvgIpc) is 3.83. The van der Waals surface area contributed by atoms with Crippen LogP contribution in [0.2, 0.25) is 0 Å². The number of anilines is 2. The van der Waals surface area contributed by atoms with Crippen LogP contribution in [0.25, 0.3) is 22.3 Å². The first-order chi connectivity index (χ1) is 34.6. The minimum absolute atomic E-state index is 0.0341. The van der Waals surface area contributed by atoms with Crippen LogP contribution in [0, 0.1) is 0 Å². The summed E-state index contributed by atoms with van der Waals surface area (Å²) in [5.41, 5.74) is -0.442. The zero-order valence-electron chi connectivity index (χ0n) is 43.8. The minimum Gasteiger partial charge on any atom is -0.459 e. The molecule has 394 valence electrons. The highest BCUT2D eigenvalue weighted by Crippen LogP contribution is 2.44. The third-order valence-electron chi connectivity index (χ3n) is 10.4. The molecule has 0 spiro atoms. The number of hydrogen-bond donors (Lipinski definition) is 1. The molecule has 0 aliphatic heterocycles. The maximum Gasteiger partial charge on any atom is 0.427 e. The normalized spacial score (nSPS) is 12.4. The van der Waals surface area contributed by atoms with E-state index in [1.165, 1.54) is 4.57 Å². The molecule has 0 fully saturated rings. The smallest absolute Gasteiger partial charge is 0.427 e. The summed E-state index contributed by atoms with van der Waals surface area (Å²) in [4.78, 5) is 113. The molecule has 1 aliphatic rings. The predicted molar refractivity (Wildman–Crippen MR) is 271 cm³/mol. The summed E-state index contributed by atoms with van der Waals surface area (Å²) in [6.07, 6.45) is -4.79. The van der Waals surface area contributed by atoms with Gasteiger partial charge in [0.25, 0.3) is 0 Å². The molecule has 74 heavy (non-hydrogen) atoms. The lowest BCUT2D eigenvalue weighted by Crippen LogP contribution is -2.46. The largest absolute Gasteiger partial charge is 0.459 e. The van der Waals surface area contributed by atoms with Gasteiger partial charge >= 0.3 is 36.4 Å². The first kappa shape index (κ1) is 55.2. The fourth-order valence-corrected chi connectivity index (χ4v) is 7.42. The van der Waals surface area contributed by atoms with Crippen molar-refractivity contribution in [2.75, 3.05) is 36.0 Å². The van der Waals surface area contributed by atoms with Crippen molar-refractivity contribution in [1.29, 1.82) is 0 Å². The number of nitrogens with zero attached hydrogens (tertiary/aromatic N) is 7. The van der Waals surface area contributed by atoms with Gasteiger partial charge in [0, 0.05) is 19.0 Å². The summed E-state index contributed by atoms with van der Waals surface area (Å²) in [6, 6.07) is 24.7. The van der Waals surface area contributed by atoms with E-state index >= 15 is 0 Å². The Hall–Kier alpha value is -8.10. The second-order valence-electron chi connectivity index (χ2n) is 21.2. The van der Waals surface area contributed by atoms with Crippen LogP contribution in [0.4, 0.5) is 35.7 Å². The predicted octanol–water partition coefficient (Wildman–Crippen LogP) is 9.29. The lowest BCUT2D eigenvalue weighted by atomic mass is 9.98. The molecule has 0 atom stereocenters. The van der Waals surface area contributed by atoms with Crippen molar-refractivity contribution >= 4 is 65.3 Å². The number of imide groups is 2. The molecule has 1 N–H and O–H groups in total. The number of esters is 1. The van der Waals surface area contributed by atoms with E-state index in [0.29, 0.717) is 15.4 Å². The quantitative estimate of drug-likeness (QED) is 0.0853. The molecule has 6 rings (SSSR count). The van der Waals surface area contributed by atoms with E-state index in [1.54, 1.807) is 107 Å². The van der Waals surface area contributed by atoms with E-state index in [2.05, 4.69) is 20.3 Å². The van der Waals surface area contributed by atoms with Gasteiger partial charge < -0.3 is 43.2 Å². The summed E-state index contributed by atoms with van der Waals surface area (Å²) in [5.74, 6) is -3.10. The van der Waals surface area contributed by atoms with Crippen molar-refractivity contribution in [3.05, 3.63) is 102 Å². The Morgan fingerprint density at radius 2 is 1.09 bits per heavy atom. The van der Waals surface area contributed by atoms with Crippen molar-refractivity contribution in [1.82, 2.24) is 29.7 Å². The standard InChI is InChI=1S/C53H64N8O13/c1-50(2,3)71-46(65)60(47(66)72-51(4,5)6)43-41-42(56-44(57-43)61(48(67)73-52(7,8)9)49(68)74-53(10,11)12)59(32-55-41)28-39(62)58(29-40(63)69-30-33-20-14-13-15-21-33)27-26-54-45(64)70-31-38-36-24-18-16-22-34(36)35-23-17-19-25-37(35)38/h13-25,32,38H,26-31H2,1-12H3,(H,54,64). The van der Waals surface area contributed by atoms with Gasteiger partial charge in [-0.1, -0.05) is 78.9 Å². The summed E-state index contributed by atoms with van der Waals surface area (Å²) in [7, 11) is 0. The minimum atomic E-state index is -1.30. The second kappa shape index (κ2) is 22.3. The Labute approximate surface area is 429 Å². The number of alkyl carbamates (subject to hydrolysis) is 1. The van der Waals surface area contributed by atoms with E-state index in [4.69, 9.17) is 28.4 Å². The number of carbonyl (C=O) groups excluding carboxylic acids is 7. The molecule has 21 heteroatoms. The molecule has 0 saturated heterocycles. The van der Waals surface area contributed by atoms with Crippen LogP contribution < -0.4 is 15.1 Å². The molecule has 2 heterocycles. The topological polar surface area (TPSA) is 240 Å². The molecule has 6 amide bonds. The molecular weight excluding hydrogens is 957 g/mol. The summed E-state index contributed by atoms with van der Waals surface area (Å²) >= 11 is 0. The molecule has 0 saturated carbocycles. The molecule has 0 unspecified atom stereocenters. The number of ether oxygens (including phenoxy) is 6. The van der Waals surface area contributed by atoms with Crippen molar-refractivity contribution in [2.45, 2.75) is 125 Å². The molecule has 0 radical (unpaired) electrons. The van der Waals surface area contributed by atoms with Crippen LogP contribution in [0.3, 0.4) is 0 Å². The summed E-state index contributed by atoms with van der Waals surface area (Å²) in [5, 5.41) is 2.67. The van der Waals surface area contributed by atoms with Crippen molar-refractivity contribution in [3.63, 3.8) is 0 Å². The van der Waals surface area contributed by atoms with Crippen molar-refractivity contribution < 1.29 is 62.0 Å². The number of amides is 6. The number of nitrogens with one attached hydrogen (secondary N) is 1. The van der Waals surface area contributed by atoms with Gasteiger partial charge in [-0.2, -0.15) is 14.9 Å².